The van der Waals surface area contributed by atoms with Crippen LogP contribution in [-0.2, 0) is 0 Å². The molecule has 1 saturated carbocycles. The number of hydrogen-bond donors (Lipinski definition) is 1. The Morgan fingerprint density at radius 2 is 1.79 bits per heavy atom. The Morgan fingerprint density at radius 3 is 2.36 bits per heavy atom. The molecule has 1 N–H and O–H groups in total. The lowest BCUT2D eigenvalue weighted by Gasteiger charge is -2.27. The fourth-order valence-corrected chi connectivity index (χ4v) is 3.07. The average molecular weight is 197 g/mol. The summed E-state index contributed by atoms with van der Waals surface area (Å²) in [6.45, 7) is 2.60. The molecule has 2 fully saturated rings. The van der Waals surface area contributed by atoms with Gasteiger partial charge in [0.15, 0.2) is 0 Å². The van der Waals surface area contributed by atoms with Gasteiger partial charge in [-0.1, -0.05) is 0 Å². The van der Waals surface area contributed by atoms with Gasteiger partial charge in [0.25, 0.3) is 0 Å². The van der Waals surface area contributed by atoms with Gasteiger partial charge in [-0.15, -0.1) is 0 Å². The summed E-state index contributed by atoms with van der Waals surface area (Å²) in [7, 11) is 2.23. The van der Waals surface area contributed by atoms with Crippen molar-refractivity contribution in [1.29, 1.82) is 0 Å². The maximum atomic E-state index is 9.42. The van der Waals surface area contributed by atoms with Crippen molar-refractivity contribution in [3.05, 3.63) is 0 Å². The van der Waals surface area contributed by atoms with Crippen LogP contribution in [0.1, 0.15) is 38.5 Å². The first-order valence-electron chi connectivity index (χ1n) is 6.10. The monoisotopic (exact) mass is 197 g/mol. The molecule has 0 spiro atoms. The Kier molecular flexibility index (Phi) is 3.45. The second-order valence-corrected chi connectivity index (χ2v) is 5.33. The van der Waals surface area contributed by atoms with Crippen molar-refractivity contribution in [2.24, 2.45) is 11.8 Å². The van der Waals surface area contributed by atoms with E-state index in [1.54, 1.807) is 0 Å². The summed E-state index contributed by atoms with van der Waals surface area (Å²) >= 11 is 0. The first kappa shape index (κ1) is 10.4. The number of rotatable bonds is 2. The van der Waals surface area contributed by atoms with E-state index in [2.05, 4.69) is 11.9 Å². The molecule has 0 aromatic rings. The van der Waals surface area contributed by atoms with Gasteiger partial charge >= 0.3 is 0 Å². The van der Waals surface area contributed by atoms with Crippen molar-refractivity contribution in [3.8, 4) is 0 Å². The highest BCUT2D eigenvalue weighted by atomic mass is 16.3. The van der Waals surface area contributed by atoms with Gasteiger partial charge in [0.1, 0.15) is 0 Å². The summed E-state index contributed by atoms with van der Waals surface area (Å²) in [5.41, 5.74) is 0. The van der Waals surface area contributed by atoms with E-state index in [4.69, 9.17) is 0 Å². The largest absolute Gasteiger partial charge is 0.393 e. The minimum Gasteiger partial charge on any atom is -0.393 e. The molecule has 1 heterocycles. The molecule has 1 unspecified atom stereocenters. The van der Waals surface area contributed by atoms with E-state index in [-0.39, 0.29) is 6.10 Å². The van der Waals surface area contributed by atoms with Crippen molar-refractivity contribution in [1.82, 2.24) is 4.90 Å². The predicted octanol–water partition coefficient (Wildman–Crippen LogP) is 1.88. The Morgan fingerprint density at radius 1 is 1.07 bits per heavy atom. The third-order valence-electron chi connectivity index (χ3n) is 3.97. The van der Waals surface area contributed by atoms with E-state index in [9.17, 15) is 5.11 Å². The molecule has 0 radical (unpaired) electrons. The van der Waals surface area contributed by atoms with E-state index in [0.29, 0.717) is 0 Å². The number of aliphatic hydroxyl groups excluding tert-OH is 1. The molecule has 2 nitrogen and oxygen atoms in total. The molecule has 82 valence electrons. The highest BCUT2D eigenvalue weighted by molar-refractivity contribution is 4.79. The fourth-order valence-electron chi connectivity index (χ4n) is 3.07. The smallest absolute Gasteiger partial charge is 0.0540 e. The molecule has 1 aliphatic heterocycles. The van der Waals surface area contributed by atoms with Crippen LogP contribution in [0.4, 0.5) is 0 Å². The normalized spacial score (nSPS) is 40.3. The van der Waals surface area contributed by atoms with Gasteiger partial charge in [0.05, 0.1) is 6.10 Å². The third kappa shape index (κ3) is 2.71. The van der Waals surface area contributed by atoms with Crippen LogP contribution in [0.2, 0.25) is 0 Å². The van der Waals surface area contributed by atoms with Crippen LogP contribution in [0.25, 0.3) is 0 Å². The third-order valence-corrected chi connectivity index (χ3v) is 3.97. The lowest BCUT2D eigenvalue weighted by atomic mass is 9.81. The quantitative estimate of drug-likeness (QED) is 0.730. The van der Waals surface area contributed by atoms with Gasteiger partial charge in [-0.3, -0.25) is 0 Å². The summed E-state index contributed by atoms with van der Waals surface area (Å²) in [4.78, 5) is 2.45. The van der Waals surface area contributed by atoms with Crippen LogP contribution in [0.3, 0.4) is 0 Å². The van der Waals surface area contributed by atoms with E-state index >= 15 is 0 Å². The molecule has 2 heteroatoms. The van der Waals surface area contributed by atoms with Crippen molar-refractivity contribution in [2.75, 3.05) is 20.1 Å². The summed E-state index contributed by atoms with van der Waals surface area (Å²) in [5.74, 6) is 1.86. The van der Waals surface area contributed by atoms with Crippen molar-refractivity contribution in [3.63, 3.8) is 0 Å². The zero-order valence-corrected chi connectivity index (χ0v) is 9.28. The molecule has 1 saturated heterocycles. The molecule has 1 atom stereocenters. The van der Waals surface area contributed by atoms with Crippen LogP contribution < -0.4 is 0 Å². The Bertz CT molecular complexity index is 175. The standard InChI is InChI=1S/C12H23NO/c1-13-7-6-11(9-13)8-10-2-4-12(14)5-3-10/h10-12,14H,2-9H2,1H3. The minimum absolute atomic E-state index is 0.0116. The molecular weight excluding hydrogens is 174 g/mol. The first-order valence-corrected chi connectivity index (χ1v) is 6.10. The molecule has 0 aromatic heterocycles. The second-order valence-electron chi connectivity index (χ2n) is 5.33. The van der Waals surface area contributed by atoms with Gasteiger partial charge in [-0.25, -0.2) is 0 Å². The van der Waals surface area contributed by atoms with E-state index in [0.717, 1.165) is 24.7 Å². The fraction of sp³-hybridized carbons (Fsp3) is 1.00. The van der Waals surface area contributed by atoms with Crippen LogP contribution >= 0.6 is 0 Å². The number of aliphatic hydroxyl groups is 1. The average Bonchev–Trinajstić information content (AvgIpc) is 2.56. The molecule has 2 aliphatic rings. The van der Waals surface area contributed by atoms with Crippen molar-refractivity contribution in [2.45, 2.75) is 44.6 Å². The zero-order chi connectivity index (χ0) is 9.97. The van der Waals surface area contributed by atoms with Crippen LogP contribution in [0, 0.1) is 11.8 Å². The molecule has 0 aromatic carbocycles. The van der Waals surface area contributed by atoms with Gasteiger partial charge in [-0.2, -0.15) is 0 Å². The minimum atomic E-state index is 0.0116. The molecule has 14 heavy (non-hydrogen) atoms. The number of nitrogens with zero attached hydrogens (tertiary/aromatic N) is 1. The SMILES string of the molecule is CN1CCC(CC2CCC(O)CC2)C1. The van der Waals surface area contributed by atoms with Gasteiger partial charge in [-0.05, 0) is 64.0 Å². The van der Waals surface area contributed by atoms with Crippen molar-refractivity contribution >= 4 is 0 Å². The van der Waals surface area contributed by atoms with E-state index in [1.165, 1.54) is 38.8 Å². The first-order chi connectivity index (χ1) is 6.74. The van der Waals surface area contributed by atoms with Crippen LogP contribution in [0.15, 0.2) is 0 Å². The molecule has 0 bridgehead atoms. The summed E-state index contributed by atoms with van der Waals surface area (Å²) in [5, 5.41) is 9.42. The summed E-state index contributed by atoms with van der Waals surface area (Å²) in [6, 6.07) is 0. The lowest BCUT2D eigenvalue weighted by molar-refractivity contribution is 0.102. The molecule has 2 rings (SSSR count). The van der Waals surface area contributed by atoms with E-state index < -0.39 is 0 Å². The summed E-state index contributed by atoms with van der Waals surface area (Å²) in [6.07, 6.45) is 7.45. The zero-order valence-electron chi connectivity index (χ0n) is 9.28. The van der Waals surface area contributed by atoms with Gasteiger partial charge in [0, 0.05) is 6.54 Å². The Labute approximate surface area is 87.3 Å². The number of hydrogen-bond acceptors (Lipinski definition) is 2. The maximum absolute atomic E-state index is 9.42. The topological polar surface area (TPSA) is 23.5 Å². The lowest BCUT2D eigenvalue weighted by Crippen LogP contribution is -2.21. The highest BCUT2D eigenvalue weighted by Crippen LogP contribution is 2.32. The van der Waals surface area contributed by atoms with E-state index in [1.807, 2.05) is 0 Å². The van der Waals surface area contributed by atoms with Gasteiger partial charge in [0.2, 0.25) is 0 Å². The molecular formula is C12H23NO. The second kappa shape index (κ2) is 4.63. The Hall–Kier alpha value is -0.0800. The number of likely N-dealkylation sites (tertiary alicyclic amines) is 1. The summed E-state index contributed by atoms with van der Waals surface area (Å²) < 4.78 is 0. The Balaban J connectivity index is 1.70. The predicted molar refractivity (Wildman–Crippen MR) is 58.2 cm³/mol. The van der Waals surface area contributed by atoms with Gasteiger partial charge < -0.3 is 10.0 Å². The highest BCUT2D eigenvalue weighted by Gasteiger charge is 2.25. The van der Waals surface area contributed by atoms with Crippen LogP contribution in [-0.4, -0.2) is 36.2 Å². The van der Waals surface area contributed by atoms with Crippen LogP contribution in [0.5, 0.6) is 0 Å². The molecule has 0 amide bonds. The van der Waals surface area contributed by atoms with Crippen molar-refractivity contribution < 1.29 is 5.11 Å². The molecule has 1 aliphatic carbocycles. The maximum Gasteiger partial charge on any atom is 0.0540 e.